The van der Waals surface area contributed by atoms with Gasteiger partial charge in [0.2, 0.25) is 0 Å². The number of carbonyl (C=O) groups excluding carboxylic acids is 1. The Bertz CT molecular complexity index is 598. The van der Waals surface area contributed by atoms with Gasteiger partial charge in [0.05, 0.1) is 52.2 Å². The molecule has 0 aliphatic carbocycles. The van der Waals surface area contributed by atoms with Crippen LogP contribution in [0.5, 0.6) is 5.75 Å². The molecule has 0 fully saturated rings. The molecule has 7 nitrogen and oxygen atoms in total. The number of ether oxygens (including phenoxy) is 4. The monoisotopic (exact) mass is 476 g/mol. The Balaban J connectivity index is 0.0000102. The summed E-state index contributed by atoms with van der Waals surface area (Å²) in [7, 11) is 0. The van der Waals surface area contributed by atoms with Gasteiger partial charge in [-0.2, -0.15) is 0 Å². The van der Waals surface area contributed by atoms with Gasteiger partial charge in [-0.1, -0.05) is 57.9 Å². The predicted molar refractivity (Wildman–Crippen MR) is 122 cm³/mol. The summed E-state index contributed by atoms with van der Waals surface area (Å²) in [5.41, 5.74) is 1.09. The van der Waals surface area contributed by atoms with Gasteiger partial charge in [0.1, 0.15) is 12.4 Å². The number of hydrogen-bond acceptors (Lipinski definition) is 7. The maximum absolute atomic E-state index is 11.5. The summed E-state index contributed by atoms with van der Waals surface area (Å²) in [6.07, 6.45) is 10.8. The van der Waals surface area contributed by atoms with Crippen LogP contribution in [0.15, 0.2) is 18.2 Å². The average Bonchev–Trinajstić information content (AvgIpc) is 2.79. The Morgan fingerprint density at radius 2 is 1.36 bits per heavy atom. The molecule has 1 rings (SSSR count). The second-order valence-electron chi connectivity index (χ2n) is 7.75. The van der Waals surface area contributed by atoms with Crippen LogP contribution in [0.3, 0.4) is 0 Å². The van der Waals surface area contributed by atoms with Crippen LogP contribution in [0.25, 0.3) is 0 Å². The van der Waals surface area contributed by atoms with Crippen molar-refractivity contribution < 1.29 is 63.5 Å². The molecule has 0 aliphatic rings. The SMILES string of the molecule is CCCCCCCCCCc1ccc(OCCOCCOCCOCCO)c(C(=O)[O-])c1.[Na+]. The molecule has 0 spiro atoms. The van der Waals surface area contributed by atoms with Crippen molar-refractivity contribution in [2.75, 3.05) is 52.9 Å². The number of aromatic carboxylic acids is 1. The van der Waals surface area contributed by atoms with E-state index in [4.69, 9.17) is 24.1 Å². The average molecular weight is 477 g/mol. The van der Waals surface area contributed by atoms with Crippen molar-refractivity contribution in [2.24, 2.45) is 0 Å². The molecule has 184 valence electrons. The molecule has 0 atom stereocenters. The molecule has 1 N–H and O–H groups in total. The third-order valence-electron chi connectivity index (χ3n) is 5.05. The number of carbonyl (C=O) groups is 1. The van der Waals surface area contributed by atoms with Gasteiger partial charge >= 0.3 is 29.6 Å². The summed E-state index contributed by atoms with van der Waals surface area (Å²) in [4.78, 5) is 11.5. The zero-order valence-corrected chi connectivity index (χ0v) is 22.6. The van der Waals surface area contributed by atoms with E-state index in [1.165, 1.54) is 44.9 Å². The van der Waals surface area contributed by atoms with Gasteiger partial charge in [0.25, 0.3) is 0 Å². The van der Waals surface area contributed by atoms with Crippen molar-refractivity contribution in [3.63, 3.8) is 0 Å². The number of carboxylic acids is 1. The summed E-state index contributed by atoms with van der Waals surface area (Å²) in [5.74, 6) is -0.916. The smallest absolute Gasteiger partial charge is 0.545 e. The molecule has 0 amide bonds. The zero-order chi connectivity index (χ0) is 23.3. The first-order valence-electron chi connectivity index (χ1n) is 12.0. The molecule has 0 saturated heterocycles. The Labute approximate surface area is 221 Å². The number of hydrogen-bond donors (Lipinski definition) is 1. The minimum absolute atomic E-state index is 0. The molecule has 0 bridgehead atoms. The zero-order valence-electron chi connectivity index (χ0n) is 20.6. The van der Waals surface area contributed by atoms with E-state index in [-0.39, 0.29) is 48.3 Å². The topological polar surface area (TPSA) is 97.3 Å². The molecular formula is C25H41NaO7. The van der Waals surface area contributed by atoms with Gasteiger partial charge in [0.15, 0.2) is 0 Å². The number of rotatable bonds is 22. The Kier molecular flexibility index (Phi) is 22.6. The van der Waals surface area contributed by atoms with Crippen LogP contribution in [0.2, 0.25) is 0 Å². The van der Waals surface area contributed by atoms with E-state index in [0.29, 0.717) is 45.4 Å². The van der Waals surface area contributed by atoms with Crippen LogP contribution in [0, 0.1) is 0 Å². The summed E-state index contributed by atoms with van der Waals surface area (Å²) in [5, 5.41) is 20.1. The number of aliphatic hydroxyl groups is 1. The predicted octanol–water partition coefficient (Wildman–Crippen LogP) is 0.158. The number of benzene rings is 1. The summed E-state index contributed by atoms with van der Waals surface area (Å²) < 4.78 is 21.4. The number of unbranched alkanes of at least 4 members (excludes halogenated alkanes) is 7. The maximum atomic E-state index is 11.5. The summed E-state index contributed by atoms with van der Waals surface area (Å²) in [6, 6.07) is 5.30. The second-order valence-corrected chi connectivity index (χ2v) is 7.75. The Hall–Kier alpha value is -0.670. The molecule has 0 radical (unpaired) electrons. The molecular weight excluding hydrogens is 435 g/mol. The van der Waals surface area contributed by atoms with Crippen molar-refractivity contribution >= 4 is 5.97 Å². The van der Waals surface area contributed by atoms with Crippen molar-refractivity contribution in [1.82, 2.24) is 0 Å². The van der Waals surface area contributed by atoms with Crippen LogP contribution in [-0.2, 0) is 20.6 Å². The molecule has 0 aromatic heterocycles. The van der Waals surface area contributed by atoms with Crippen molar-refractivity contribution in [3.8, 4) is 5.75 Å². The molecule has 8 heteroatoms. The van der Waals surface area contributed by atoms with Crippen LogP contribution in [0.4, 0.5) is 0 Å². The molecule has 1 aromatic carbocycles. The number of aryl methyl sites for hydroxylation is 1. The Morgan fingerprint density at radius 3 is 1.94 bits per heavy atom. The van der Waals surface area contributed by atoms with Crippen LogP contribution < -0.4 is 39.4 Å². The first-order valence-corrected chi connectivity index (χ1v) is 12.0. The van der Waals surface area contributed by atoms with Gasteiger partial charge in [-0.05, 0) is 30.5 Å². The fourth-order valence-electron chi connectivity index (χ4n) is 3.30. The van der Waals surface area contributed by atoms with Crippen molar-refractivity contribution in [1.29, 1.82) is 0 Å². The van der Waals surface area contributed by atoms with E-state index < -0.39 is 5.97 Å². The van der Waals surface area contributed by atoms with E-state index in [2.05, 4.69) is 6.92 Å². The molecule has 0 heterocycles. The Morgan fingerprint density at radius 1 is 0.818 bits per heavy atom. The largest absolute Gasteiger partial charge is 1.00 e. The molecule has 0 saturated carbocycles. The quantitative estimate of drug-likeness (QED) is 0.188. The molecule has 1 aromatic rings. The van der Waals surface area contributed by atoms with Gasteiger partial charge in [-0.25, -0.2) is 0 Å². The standard InChI is InChI=1S/C25H42O7.Na/c1-2-3-4-5-6-7-8-9-10-22-11-12-24(23(21-22)25(27)28)32-20-19-31-18-17-30-16-15-29-14-13-26;/h11-12,21,26H,2-10,13-20H2,1H3,(H,27,28);/q;+1/p-1. The minimum Gasteiger partial charge on any atom is -0.545 e. The summed E-state index contributed by atoms with van der Waals surface area (Å²) >= 11 is 0. The van der Waals surface area contributed by atoms with Gasteiger partial charge in [-0.3, -0.25) is 0 Å². The molecule has 33 heavy (non-hydrogen) atoms. The third-order valence-corrected chi connectivity index (χ3v) is 5.05. The van der Waals surface area contributed by atoms with E-state index in [1.54, 1.807) is 12.1 Å². The van der Waals surface area contributed by atoms with Crippen molar-refractivity contribution in [2.45, 2.75) is 64.7 Å². The first-order chi connectivity index (χ1) is 15.7. The van der Waals surface area contributed by atoms with Crippen LogP contribution in [0.1, 0.15) is 74.2 Å². The summed E-state index contributed by atoms with van der Waals surface area (Å²) in [6.45, 7) is 4.84. The van der Waals surface area contributed by atoms with Crippen molar-refractivity contribution in [3.05, 3.63) is 29.3 Å². The molecule has 0 unspecified atom stereocenters. The van der Waals surface area contributed by atoms with E-state index in [9.17, 15) is 9.90 Å². The normalized spacial score (nSPS) is 10.7. The van der Waals surface area contributed by atoms with Crippen LogP contribution >= 0.6 is 0 Å². The fraction of sp³-hybridized carbons (Fsp3) is 0.720. The second kappa shape index (κ2) is 23.1. The van der Waals surface area contributed by atoms with Gasteiger partial charge in [0, 0.05) is 5.56 Å². The van der Waals surface area contributed by atoms with Crippen LogP contribution in [-0.4, -0.2) is 63.9 Å². The van der Waals surface area contributed by atoms with Gasteiger partial charge < -0.3 is 34.0 Å². The van der Waals surface area contributed by atoms with E-state index >= 15 is 0 Å². The minimum atomic E-state index is -1.23. The maximum Gasteiger partial charge on any atom is 1.00 e. The van der Waals surface area contributed by atoms with E-state index in [0.717, 1.165) is 18.4 Å². The number of carboxylic acid groups (broad SMARTS) is 1. The van der Waals surface area contributed by atoms with Gasteiger partial charge in [-0.15, -0.1) is 0 Å². The fourth-order valence-corrected chi connectivity index (χ4v) is 3.30. The van der Waals surface area contributed by atoms with E-state index in [1.807, 2.05) is 6.07 Å². The third kappa shape index (κ3) is 17.4. The first kappa shape index (κ1) is 32.3. The number of aliphatic hydroxyl groups excluding tert-OH is 1. The molecule has 0 aliphatic heterocycles.